The predicted molar refractivity (Wildman–Crippen MR) is 76.5 cm³/mol. The SMILES string of the molecule is COc1ccc(Cl)cc1CN(C)C(=O)CNC(=O)CN. The molecule has 3 N–H and O–H groups in total. The molecule has 20 heavy (non-hydrogen) atoms. The van der Waals surface area contributed by atoms with Crippen LogP contribution in [0.1, 0.15) is 5.56 Å². The van der Waals surface area contributed by atoms with Crippen LogP contribution in [-0.2, 0) is 16.1 Å². The summed E-state index contributed by atoms with van der Waals surface area (Å²) < 4.78 is 5.21. The summed E-state index contributed by atoms with van der Waals surface area (Å²) in [7, 11) is 3.19. The Kier molecular flexibility index (Phi) is 6.27. The van der Waals surface area contributed by atoms with Crippen LogP contribution in [0.3, 0.4) is 0 Å². The number of likely N-dealkylation sites (N-methyl/N-ethyl adjacent to an activating group) is 1. The number of benzene rings is 1. The first-order valence-corrected chi connectivity index (χ1v) is 6.39. The number of nitrogens with one attached hydrogen (secondary N) is 1. The lowest BCUT2D eigenvalue weighted by Crippen LogP contribution is -2.40. The Balaban J connectivity index is 2.65. The third-order valence-electron chi connectivity index (χ3n) is 2.70. The van der Waals surface area contributed by atoms with Crippen molar-refractivity contribution in [3.63, 3.8) is 0 Å². The topological polar surface area (TPSA) is 84.7 Å². The van der Waals surface area contributed by atoms with E-state index < -0.39 is 0 Å². The fourth-order valence-electron chi connectivity index (χ4n) is 1.60. The second kappa shape index (κ2) is 7.72. The molecule has 110 valence electrons. The lowest BCUT2D eigenvalue weighted by Gasteiger charge is -2.19. The van der Waals surface area contributed by atoms with E-state index in [0.717, 1.165) is 5.56 Å². The molecule has 0 saturated carbocycles. The number of nitrogens with zero attached hydrogens (tertiary/aromatic N) is 1. The summed E-state index contributed by atoms with van der Waals surface area (Å²) >= 11 is 5.93. The van der Waals surface area contributed by atoms with Crippen molar-refractivity contribution in [3.8, 4) is 5.75 Å². The van der Waals surface area contributed by atoms with Crippen LogP contribution < -0.4 is 15.8 Å². The highest BCUT2D eigenvalue weighted by Crippen LogP contribution is 2.23. The Labute approximate surface area is 122 Å². The van der Waals surface area contributed by atoms with Crippen molar-refractivity contribution in [1.29, 1.82) is 0 Å². The van der Waals surface area contributed by atoms with Crippen LogP contribution in [0.5, 0.6) is 5.75 Å². The molecule has 0 aliphatic rings. The summed E-state index contributed by atoms with van der Waals surface area (Å²) in [5, 5.41) is 2.99. The average molecular weight is 300 g/mol. The number of carbonyl (C=O) groups excluding carboxylic acids is 2. The molecule has 0 saturated heterocycles. The van der Waals surface area contributed by atoms with Crippen molar-refractivity contribution < 1.29 is 14.3 Å². The van der Waals surface area contributed by atoms with Gasteiger partial charge in [-0.3, -0.25) is 9.59 Å². The fraction of sp³-hybridized carbons (Fsp3) is 0.385. The molecule has 0 aromatic heterocycles. The molecule has 0 radical (unpaired) electrons. The van der Waals surface area contributed by atoms with Gasteiger partial charge in [0.2, 0.25) is 11.8 Å². The molecule has 1 rings (SSSR count). The Morgan fingerprint density at radius 1 is 1.45 bits per heavy atom. The zero-order valence-corrected chi connectivity index (χ0v) is 12.2. The fourth-order valence-corrected chi connectivity index (χ4v) is 1.79. The monoisotopic (exact) mass is 299 g/mol. The molecule has 0 aliphatic carbocycles. The van der Waals surface area contributed by atoms with Gasteiger partial charge in [-0.25, -0.2) is 0 Å². The summed E-state index contributed by atoms with van der Waals surface area (Å²) in [4.78, 5) is 24.3. The Morgan fingerprint density at radius 3 is 2.75 bits per heavy atom. The van der Waals surface area contributed by atoms with Gasteiger partial charge in [-0.2, -0.15) is 0 Å². The van der Waals surface area contributed by atoms with E-state index >= 15 is 0 Å². The third-order valence-corrected chi connectivity index (χ3v) is 2.93. The predicted octanol–water partition coefficient (Wildman–Crippen LogP) is 0.382. The molecule has 2 amide bonds. The van der Waals surface area contributed by atoms with E-state index in [9.17, 15) is 9.59 Å². The van der Waals surface area contributed by atoms with Crippen molar-refractivity contribution >= 4 is 23.4 Å². The van der Waals surface area contributed by atoms with Gasteiger partial charge in [-0.1, -0.05) is 11.6 Å². The number of hydrogen-bond donors (Lipinski definition) is 2. The highest BCUT2D eigenvalue weighted by Gasteiger charge is 2.13. The number of rotatable bonds is 6. The molecule has 1 aromatic rings. The molecule has 0 atom stereocenters. The minimum Gasteiger partial charge on any atom is -0.496 e. The van der Waals surface area contributed by atoms with Gasteiger partial charge in [0, 0.05) is 24.2 Å². The number of halogens is 1. The van der Waals surface area contributed by atoms with E-state index in [0.29, 0.717) is 17.3 Å². The van der Waals surface area contributed by atoms with Gasteiger partial charge in [0.25, 0.3) is 0 Å². The number of carbonyl (C=O) groups is 2. The van der Waals surface area contributed by atoms with E-state index in [1.165, 1.54) is 4.90 Å². The molecule has 0 aliphatic heterocycles. The Bertz CT molecular complexity index is 494. The second-order valence-corrected chi connectivity index (χ2v) is 4.62. The average Bonchev–Trinajstić information content (AvgIpc) is 2.44. The Morgan fingerprint density at radius 2 is 2.15 bits per heavy atom. The first-order chi connectivity index (χ1) is 9.47. The smallest absolute Gasteiger partial charge is 0.242 e. The molecule has 7 heteroatoms. The van der Waals surface area contributed by atoms with Gasteiger partial charge in [0.1, 0.15) is 5.75 Å². The quantitative estimate of drug-likeness (QED) is 0.795. The van der Waals surface area contributed by atoms with Crippen molar-refractivity contribution in [2.24, 2.45) is 5.73 Å². The van der Waals surface area contributed by atoms with Crippen LogP contribution in [-0.4, -0.2) is 44.0 Å². The molecule has 0 unspecified atom stereocenters. The van der Waals surface area contributed by atoms with E-state index in [2.05, 4.69) is 5.32 Å². The number of amides is 2. The number of methoxy groups -OCH3 is 1. The van der Waals surface area contributed by atoms with Crippen LogP contribution in [0.25, 0.3) is 0 Å². The molecule has 0 bridgehead atoms. The van der Waals surface area contributed by atoms with Crippen LogP contribution >= 0.6 is 11.6 Å². The number of hydrogen-bond acceptors (Lipinski definition) is 4. The molecular formula is C13H18ClN3O3. The van der Waals surface area contributed by atoms with E-state index in [1.54, 1.807) is 32.4 Å². The molecule has 6 nitrogen and oxygen atoms in total. The van der Waals surface area contributed by atoms with E-state index in [4.69, 9.17) is 22.1 Å². The summed E-state index contributed by atoms with van der Waals surface area (Å²) in [6, 6.07) is 5.20. The molecule has 1 aromatic carbocycles. The molecule has 0 spiro atoms. The summed E-state index contributed by atoms with van der Waals surface area (Å²) in [6.07, 6.45) is 0. The zero-order valence-electron chi connectivity index (χ0n) is 11.5. The Hall–Kier alpha value is -1.79. The summed E-state index contributed by atoms with van der Waals surface area (Å²) in [5.41, 5.74) is 5.94. The van der Waals surface area contributed by atoms with Crippen molar-refractivity contribution in [2.75, 3.05) is 27.2 Å². The minimum absolute atomic E-state index is 0.0879. The summed E-state index contributed by atoms with van der Waals surface area (Å²) in [6.45, 7) is 0.107. The van der Waals surface area contributed by atoms with Crippen LogP contribution in [0, 0.1) is 0 Å². The van der Waals surface area contributed by atoms with Crippen molar-refractivity contribution in [1.82, 2.24) is 10.2 Å². The van der Waals surface area contributed by atoms with E-state index in [1.807, 2.05) is 0 Å². The maximum Gasteiger partial charge on any atom is 0.242 e. The van der Waals surface area contributed by atoms with Gasteiger partial charge in [-0.05, 0) is 18.2 Å². The molecular weight excluding hydrogens is 282 g/mol. The lowest BCUT2D eigenvalue weighted by atomic mass is 10.2. The first-order valence-electron chi connectivity index (χ1n) is 6.01. The minimum atomic E-state index is -0.368. The van der Waals surface area contributed by atoms with Gasteiger partial charge in [0.15, 0.2) is 0 Å². The third kappa shape index (κ3) is 4.71. The van der Waals surface area contributed by atoms with Crippen molar-refractivity contribution in [2.45, 2.75) is 6.54 Å². The van der Waals surface area contributed by atoms with Gasteiger partial charge in [0.05, 0.1) is 20.2 Å². The zero-order chi connectivity index (χ0) is 15.1. The number of ether oxygens (including phenoxy) is 1. The van der Waals surface area contributed by atoms with E-state index in [-0.39, 0.29) is 24.9 Å². The van der Waals surface area contributed by atoms with Crippen LogP contribution in [0.4, 0.5) is 0 Å². The highest BCUT2D eigenvalue weighted by atomic mass is 35.5. The van der Waals surface area contributed by atoms with Gasteiger partial charge >= 0.3 is 0 Å². The summed E-state index contributed by atoms with van der Waals surface area (Å²) in [5.74, 6) is 0.0564. The molecule has 0 fully saturated rings. The van der Waals surface area contributed by atoms with Gasteiger partial charge in [-0.15, -0.1) is 0 Å². The second-order valence-electron chi connectivity index (χ2n) is 4.19. The van der Waals surface area contributed by atoms with Crippen molar-refractivity contribution in [3.05, 3.63) is 28.8 Å². The maximum atomic E-state index is 11.8. The largest absolute Gasteiger partial charge is 0.496 e. The lowest BCUT2D eigenvalue weighted by molar-refractivity contribution is -0.131. The standard InChI is InChI=1S/C13H18ClN3O3/c1-17(13(19)7-16-12(18)6-15)8-9-5-10(14)3-4-11(9)20-2/h3-5H,6-8,15H2,1-2H3,(H,16,18). The van der Waals surface area contributed by atoms with Crippen LogP contribution in [0.2, 0.25) is 5.02 Å². The van der Waals surface area contributed by atoms with Gasteiger partial charge < -0.3 is 20.7 Å². The normalized spacial score (nSPS) is 10.0. The molecule has 0 heterocycles. The number of nitrogens with two attached hydrogens (primary N) is 1. The maximum absolute atomic E-state index is 11.8. The first kappa shape index (κ1) is 16.3. The van der Waals surface area contributed by atoms with Crippen LogP contribution in [0.15, 0.2) is 18.2 Å². The highest BCUT2D eigenvalue weighted by molar-refractivity contribution is 6.30.